The molecule has 0 bridgehead atoms. The Morgan fingerprint density at radius 2 is 1.85 bits per heavy atom. The van der Waals surface area contributed by atoms with Gasteiger partial charge in [-0.1, -0.05) is 0 Å². The van der Waals surface area contributed by atoms with Gasteiger partial charge in [0.1, 0.15) is 0 Å². The van der Waals surface area contributed by atoms with E-state index in [9.17, 15) is 18.0 Å². The normalized spacial score (nSPS) is 22.3. The minimum Gasteiger partial charge on any atom is -0.466 e. The molecule has 1 amide bonds. The van der Waals surface area contributed by atoms with Gasteiger partial charge in [-0.05, 0) is 56.9 Å². The Balaban J connectivity index is 1.69. The van der Waals surface area contributed by atoms with Crippen molar-refractivity contribution in [3.05, 3.63) is 29.8 Å². The fraction of sp³-hybridized carbons (Fsp3) is 0.579. The van der Waals surface area contributed by atoms with Crippen molar-refractivity contribution < 1.29 is 22.7 Å². The van der Waals surface area contributed by atoms with E-state index >= 15 is 0 Å². The average molecular weight is 394 g/mol. The van der Waals surface area contributed by atoms with Crippen LogP contribution in [0.5, 0.6) is 0 Å². The van der Waals surface area contributed by atoms with E-state index in [1.165, 1.54) is 4.31 Å². The van der Waals surface area contributed by atoms with Gasteiger partial charge in [-0.25, -0.2) is 8.42 Å². The second kappa shape index (κ2) is 8.29. The molecule has 0 aromatic heterocycles. The molecule has 27 heavy (non-hydrogen) atoms. The first kappa shape index (κ1) is 19.7. The van der Waals surface area contributed by atoms with E-state index in [1.807, 2.05) is 0 Å². The standard InChI is InChI=1S/C19H26N2O5S/c1-2-26-19(23)16-6-5-11-20(14-16)18(22)15-7-9-17(10-8-15)21-12-3-4-13-27(21,24)25/h7-10,16H,2-6,11-14H2,1H3/t16-/m1/s1. The van der Waals surface area contributed by atoms with E-state index in [-0.39, 0.29) is 23.5 Å². The summed E-state index contributed by atoms with van der Waals surface area (Å²) >= 11 is 0. The summed E-state index contributed by atoms with van der Waals surface area (Å²) in [7, 11) is -3.27. The second-order valence-corrected chi connectivity index (χ2v) is 9.00. The second-order valence-electron chi connectivity index (χ2n) is 6.98. The number of hydrogen-bond acceptors (Lipinski definition) is 5. The number of amides is 1. The van der Waals surface area contributed by atoms with Gasteiger partial charge < -0.3 is 9.64 Å². The molecule has 0 unspecified atom stereocenters. The SMILES string of the molecule is CCOC(=O)[C@@H]1CCCN(C(=O)c2ccc(N3CCCCS3(=O)=O)cc2)C1. The first-order chi connectivity index (χ1) is 12.9. The van der Waals surface area contributed by atoms with Crippen molar-refractivity contribution in [2.24, 2.45) is 5.92 Å². The summed E-state index contributed by atoms with van der Waals surface area (Å²) in [4.78, 5) is 26.4. The van der Waals surface area contributed by atoms with Crippen LogP contribution < -0.4 is 4.31 Å². The third-order valence-corrected chi connectivity index (χ3v) is 6.95. The minimum atomic E-state index is -3.27. The van der Waals surface area contributed by atoms with Crippen LogP contribution in [0.4, 0.5) is 5.69 Å². The molecular formula is C19H26N2O5S. The van der Waals surface area contributed by atoms with Gasteiger partial charge in [0.05, 0.1) is 24.0 Å². The summed E-state index contributed by atoms with van der Waals surface area (Å²) in [6, 6.07) is 6.69. The zero-order valence-electron chi connectivity index (χ0n) is 15.6. The molecule has 2 heterocycles. The number of benzene rings is 1. The maximum absolute atomic E-state index is 12.8. The lowest BCUT2D eigenvalue weighted by Crippen LogP contribution is -2.42. The fourth-order valence-electron chi connectivity index (χ4n) is 3.65. The van der Waals surface area contributed by atoms with Crippen molar-refractivity contribution >= 4 is 27.6 Å². The number of nitrogens with zero attached hydrogens (tertiary/aromatic N) is 2. The van der Waals surface area contributed by atoms with Gasteiger partial charge in [0.2, 0.25) is 10.0 Å². The average Bonchev–Trinajstić information content (AvgIpc) is 2.67. The third kappa shape index (κ3) is 4.43. The van der Waals surface area contributed by atoms with Crippen molar-refractivity contribution in [3.63, 3.8) is 0 Å². The highest BCUT2D eigenvalue weighted by Crippen LogP contribution is 2.25. The molecule has 8 heteroatoms. The highest BCUT2D eigenvalue weighted by Gasteiger charge is 2.30. The van der Waals surface area contributed by atoms with Crippen molar-refractivity contribution in [2.75, 3.05) is 36.3 Å². The molecular weight excluding hydrogens is 368 g/mol. The van der Waals surface area contributed by atoms with E-state index in [1.54, 1.807) is 36.1 Å². The molecule has 7 nitrogen and oxygen atoms in total. The largest absolute Gasteiger partial charge is 0.466 e. The predicted molar refractivity (Wildman–Crippen MR) is 102 cm³/mol. The Morgan fingerprint density at radius 3 is 2.52 bits per heavy atom. The molecule has 3 rings (SSSR count). The molecule has 148 valence electrons. The lowest BCUT2D eigenvalue weighted by atomic mass is 9.97. The van der Waals surface area contributed by atoms with Crippen LogP contribution in [0.1, 0.15) is 43.0 Å². The van der Waals surface area contributed by atoms with Crippen LogP contribution in [0, 0.1) is 5.92 Å². The smallest absolute Gasteiger partial charge is 0.310 e. The quantitative estimate of drug-likeness (QED) is 0.730. The van der Waals surface area contributed by atoms with Gasteiger partial charge in [0.15, 0.2) is 0 Å². The van der Waals surface area contributed by atoms with Gasteiger partial charge in [-0.3, -0.25) is 13.9 Å². The van der Waals surface area contributed by atoms with Crippen molar-refractivity contribution in [1.82, 2.24) is 4.90 Å². The molecule has 0 aliphatic carbocycles. The lowest BCUT2D eigenvalue weighted by molar-refractivity contribution is -0.149. The number of hydrogen-bond donors (Lipinski definition) is 0. The molecule has 2 aliphatic rings. The topological polar surface area (TPSA) is 84.0 Å². The Bertz CT molecular complexity index is 791. The summed E-state index contributed by atoms with van der Waals surface area (Å²) in [6.07, 6.45) is 3.02. The number of carbonyl (C=O) groups is 2. The Morgan fingerprint density at radius 1 is 1.11 bits per heavy atom. The zero-order valence-corrected chi connectivity index (χ0v) is 16.4. The lowest BCUT2D eigenvalue weighted by Gasteiger charge is -2.32. The summed E-state index contributed by atoms with van der Waals surface area (Å²) in [5.74, 6) is -0.505. The van der Waals surface area contributed by atoms with Crippen LogP contribution in [0.2, 0.25) is 0 Å². The molecule has 0 N–H and O–H groups in total. The molecule has 2 saturated heterocycles. The van der Waals surface area contributed by atoms with Gasteiger partial charge >= 0.3 is 5.97 Å². The predicted octanol–water partition coefficient (Wildman–Crippen LogP) is 2.03. The maximum atomic E-state index is 12.8. The van der Waals surface area contributed by atoms with Crippen LogP contribution in [0.3, 0.4) is 0 Å². The van der Waals surface area contributed by atoms with Crippen LogP contribution in [-0.4, -0.2) is 57.2 Å². The number of ether oxygens (including phenoxy) is 1. The molecule has 0 saturated carbocycles. The van der Waals surface area contributed by atoms with Crippen LogP contribution in [-0.2, 0) is 19.6 Å². The van der Waals surface area contributed by atoms with E-state index < -0.39 is 10.0 Å². The van der Waals surface area contributed by atoms with Crippen molar-refractivity contribution in [2.45, 2.75) is 32.6 Å². The molecule has 2 fully saturated rings. The summed E-state index contributed by atoms with van der Waals surface area (Å²) in [5, 5.41) is 0. The molecule has 0 radical (unpaired) electrons. The molecule has 1 aromatic rings. The number of rotatable bonds is 4. The van der Waals surface area contributed by atoms with Crippen molar-refractivity contribution in [1.29, 1.82) is 0 Å². The van der Waals surface area contributed by atoms with E-state index in [2.05, 4.69) is 0 Å². The summed E-state index contributed by atoms with van der Waals surface area (Å²) in [6.45, 7) is 3.55. The summed E-state index contributed by atoms with van der Waals surface area (Å²) in [5.41, 5.74) is 1.09. The fourth-order valence-corrected chi connectivity index (χ4v) is 5.29. The molecule has 2 aliphatic heterocycles. The van der Waals surface area contributed by atoms with Gasteiger partial charge in [-0.15, -0.1) is 0 Å². The zero-order chi connectivity index (χ0) is 19.4. The first-order valence-corrected chi connectivity index (χ1v) is 11.1. The van der Waals surface area contributed by atoms with E-state index in [0.29, 0.717) is 43.9 Å². The number of carbonyl (C=O) groups excluding carboxylic acids is 2. The monoisotopic (exact) mass is 394 g/mol. The molecule has 1 aromatic carbocycles. The Hall–Kier alpha value is -2.09. The highest BCUT2D eigenvalue weighted by molar-refractivity contribution is 7.92. The van der Waals surface area contributed by atoms with Crippen LogP contribution in [0.15, 0.2) is 24.3 Å². The van der Waals surface area contributed by atoms with Crippen LogP contribution >= 0.6 is 0 Å². The first-order valence-electron chi connectivity index (χ1n) is 9.49. The van der Waals surface area contributed by atoms with Crippen LogP contribution in [0.25, 0.3) is 0 Å². The number of esters is 1. The van der Waals surface area contributed by atoms with Gasteiger partial charge in [0, 0.05) is 25.2 Å². The number of sulfonamides is 1. The van der Waals surface area contributed by atoms with E-state index in [0.717, 1.165) is 19.3 Å². The Labute approximate surface area is 160 Å². The maximum Gasteiger partial charge on any atom is 0.310 e. The molecule has 1 atom stereocenters. The van der Waals surface area contributed by atoms with Gasteiger partial charge in [-0.2, -0.15) is 0 Å². The number of piperidine rings is 1. The van der Waals surface area contributed by atoms with Gasteiger partial charge in [0.25, 0.3) is 5.91 Å². The number of likely N-dealkylation sites (tertiary alicyclic amines) is 1. The highest BCUT2D eigenvalue weighted by atomic mass is 32.2. The third-order valence-electron chi connectivity index (χ3n) is 5.08. The summed E-state index contributed by atoms with van der Waals surface area (Å²) < 4.78 is 30.9. The minimum absolute atomic E-state index is 0.142. The van der Waals surface area contributed by atoms with Crippen molar-refractivity contribution in [3.8, 4) is 0 Å². The van der Waals surface area contributed by atoms with E-state index in [4.69, 9.17) is 4.74 Å². The molecule has 0 spiro atoms. The number of anilines is 1. The Kier molecular flexibility index (Phi) is 6.04.